The van der Waals surface area contributed by atoms with Crippen LogP contribution in [0.15, 0.2) is 24.2 Å². The summed E-state index contributed by atoms with van der Waals surface area (Å²) in [5, 5.41) is 8.44. The highest BCUT2D eigenvalue weighted by Gasteiger charge is 1.89. The number of nitriles is 1. The van der Waals surface area contributed by atoms with Crippen molar-refractivity contribution in [1.82, 2.24) is 0 Å². The van der Waals surface area contributed by atoms with Crippen LogP contribution in [0.1, 0.15) is 11.0 Å². The van der Waals surface area contributed by atoms with E-state index in [4.69, 9.17) is 10.7 Å². The summed E-state index contributed by atoms with van der Waals surface area (Å²) in [6.45, 7) is 0. The van der Waals surface area contributed by atoms with Gasteiger partial charge in [0, 0.05) is 0 Å². The third-order valence-corrected chi connectivity index (χ3v) is 0.706. The zero-order valence-electron chi connectivity index (χ0n) is 8.33. The molecule has 0 unspecified atom stereocenters. The Labute approximate surface area is 58.0 Å². The van der Waals surface area contributed by atoms with Crippen molar-refractivity contribution < 1.29 is 9.87 Å². The molecule has 2 heteroatoms. The molecule has 1 rings (SSSR count). The molecule has 0 heterocycles. The Kier molecular flexibility index (Phi) is 0.628. The predicted molar refractivity (Wildman–Crippen MR) is 31.1 cm³/mol. The summed E-state index contributed by atoms with van der Waals surface area (Å²) in [7, 11) is 0. The summed E-state index contributed by atoms with van der Waals surface area (Å²) in [5.74, 6) is -1.22. The lowest BCUT2D eigenvalue weighted by Crippen LogP contribution is -1.74. The summed E-state index contributed by atoms with van der Waals surface area (Å²) >= 11 is 0. The molecule has 0 atom stereocenters. The monoisotopic (exact) mass is 125 g/mol. The van der Waals surface area contributed by atoms with Crippen LogP contribution < -0.4 is 0 Å². The molecular weight excluding hydrogens is 117 g/mol. The SMILES string of the molecule is [2H]c1c([2H])c(F)c([2H])c(C#N)c1[2H]. The molecule has 9 heavy (non-hydrogen) atoms. The fourth-order valence-electron chi connectivity index (χ4n) is 0.377. The molecule has 0 N–H and O–H groups in total. The zero-order chi connectivity index (χ0) is 10.2. The van der Waals surface area contributed by atoms with Crippen molar-refractivity contribution in [3.8, 4) is 6.07 Å². The van der Waals surface area contributed by atoms with E-state index < -0.39 is 35.6 Å². The van der Waals surface area contributed by atoms with E-state index in [9.17, 15) is 4.39 Å². The topological polar surface area (TPSA) is 23.8 Å². The fraction of sp³-hybridized carbons (Fsp3) is 0. The van der Waals surface area contributed by atoms with Crippen LogP contribution >= 0.6 is 0 Å². The Balaban J connectivity index is 3.69. The minimum atomic E-state index is -1.22. The van der Waals surface area contributed by atoms with E-state index in [1.54, 1.807) is 0 Å². The van der Waals surface area contributed by atoms with E-state index >= 15 is 0 Å². The Morgan fingerprint density at radius 3 is 3.11 bits per heavy atom. The van der Waals surface area contributed by atoms with Gasteiger partial charge in [0.2, 0.25) is 0 Å². The summed E-state index contributed by atoms with van der Waals surface area (Å²) in [5.41, 5.74) is -0.501. The molecule has 0 aliphatic rings. The van der Waals surface area contributed by atoms with Crippen LogP contribution in [-0.4, -0.2) is 0 Å². The number of halogens is 1. The van der Waals surface area contributed by atoms with E-state index in [2.05, 4.69) is 0 Å². The van der Waals surface area contributed by atoms with Crippen LogP contribution in [0.5, 0.6) is 0 Å². The van der Waals surface area contributed by atoms with Crippen molar-refractivity contribution in [2.45, 2.75) is 0 Å². The van der Waals surface area contributed by atoms with Gasteiger partial charge in [-0.3, -0.25) is 0 Å². The van der Waals surface area contributed by atoms with Crippen molar-refractivity contribution in [2.75, 3.05) is 0 Å². The molecule has 0 spiro atoms. The summed E-state index contributed by atoms with van der Waals surface area (Å²) < 4.78 is 41.2. The average molecular weight is 125 g/mol. The Morgan fingerprint density at radius 1 is 1.67 bits per heavy atom. The summed E-state index contributed by atoms with van der Waals surface area (Å²) in [4.78, 5) is 0. The number of nitrogens with zero attached hydrogens (tertiary/aromatic N) is 1. The van der Waals surface area contributed by atoms with Gasteiger partial charge in [-0.05, 0) is 18.1 Å². The Morgan fingerprint density at radius 2 is 2.44 bits per heavy atom. The highest BCUT2D eigenvalue weighted by atomic mass is 19.1. The van der Waals surface area contributed by atoms with Gasteiger partial charge >= 0.3 is 0 Å². The molecule has 0 bridgehead atoms. The molecule has 0 saturated carbocycles. The van der Waals surface area contributed by atoms with Gasteiger partial charge in [-0.25, -0.2) is 4.39 Å². The number of benzene rings is 1. The van der Waals surface area contributed by atoms with Gasteiger partial charge in [0.15, 0.2) is 0 Å². The first-order valence-corrected chi connectivity index (χ1v) is 2.16. The second-order valence-electron chi connectivity index (χ2n) is 1.30. The molecule has 0 saturated heterocycles. The van der Waals surface area contributed by atoms with Crippen molar-refractivity contribution in [3.05, 3.63) is 35.6 Å². The van der Waals surface area contributed by atoms with E-state index in [1.165, 1.54) is 6.07 Å². The van der Waals surface area contributed by atoms with Gasteiger partial charge in [-0.1, -0.05) is 6.04 Å². The van der Waals surface area contributed by atoms with Gasteiger partial charge in [0.1, 0.15) is 5.82 Å². The van der Waals surface area contributed by atoms with Crippen LogP contribution in [0.3, 0.4) is 0 Å². The van der Waals surface area contributed by atoms with E-state index in [0.717, 1.165) is 0 Å². The van der Waals surface area contributed by atoms with Crippen molar-refractivity contribution in [3.63, 3.8) is 0 Å². The third kappa shape index (κ3) is 1.26. The molecule has 1 nitrogen and oxygen atoms in total. The third-order valence-electron chi connectivity index (χ3n) is 0.706. The largest absolute Gasteiger partial charge is 0.207 e. The van der Waals surface area contributed by atoms with Crippen LogP contribution in [0.2, 0.25) is 0 Å². The number of rotatable bonds is 0. The maximum atomic E-state index is 12.9. The normalized spacial score (nSPS) is 14.7. The molecule has 0 aliphatic carbocycles. The van der Waals surface area contributed by atoms with Gasteiger partial charge < -0.3 is 0 Å². The molecule has 0 fully saturated rings. The predicted octanol–water partition coefficient (Wildman–Crippen LogP) is 1.70. The zero-order valence-corrected chi connectivity index (χ0v) is 4.33. The maximum absolute atomic E-state index is 12.9. The molecule has 1 aromatic carbocycles. The minimum absolute atomic E-state index is 0.501. The standard InChI is InChI=1S/C7H4FN/c8-7-3-1-2-6(4-7)5-9/h1-4H/i1D,2D,3D,4D. The van der Waals surface area contributed by atoms with Crippen LogP contribution in [0, 0.1) is 17.1 Å². The van der Waals surface area contributed by atoms with Crippen molar-refractivity contribution in [1.29, 1.82) is 5.26 Å². The summed E-state index contributed by atoms with van der Waals surface area (Å²) in [6.07, 6.45) is 0. The molecular formula is C7H4FN. The first kappa shape index (κ1) is 2.49. The fourth-order valence-corrected chi connectivity index (χ4v) is 0.377. The van der Waals surface area contributed by atoms with Gasteiger partial charge in [0.25, 0.3) is 0 Å². The molecule has 0 amide bonds. The van der Waals surface area contributed by atoms with Gasteiger partial charge in [0.05, 0.1) is 17.1 Å². The number of hydrogen-bond donors (Lipinski definition) is 0. The minimum Gasteiger partial charge on any atom is -0.207 e. The van der Waals surface area contributed by atoms with Gasteiger partial charge in [-0.2, -0.15) is 5.26 Å². The second kappa shape index (κ2) is 2.27. The number of hydrogen-bond acceptors (Lipinski definition) is 1. The first-order chi connectivity index (χ1) is 6.00. The van der Waals surface area contributed by atoms with Crippen molar-refractivity contribution in [2.24, 2.45) is 0 Å². The lowest BCUT2D eigenvalue weighted by atomic mass is 10.2. The van der Waals surface area contributed by atoms with Crippen LogP contribution in [0.25, 0.3) is 0 Å². The van der Waals surface area contributed by atoms with Crippen LogP contribution in [0.4, 0.5) is 4.39 Å². The molecule has 0 aliphatic heterocycles. The smallest absolute Gasteiger partial charge is 0.124 e. The van der Waals surface area contributed by atoms with E-state index in [1.807, 2.05) is 0 Å². The quantitative estimate of drug-likeness (QED) is 0.517. The lowest BCUT2D eigenvalue weighted by molar-refractivity contribution is 0.627. The van der Waals surface area contributed by atoms with E-state index in [-0.39, 0.29) is 0 Å². The Hall–Kier alpha value is -1.36. The van der Waals surface area contributed by atoms with Gasteiger partial charge in [-0.15, -0.1) is 0 Å². The molecule has 44 valence electrons. The highest BCUT2D eigenvalue weighted by Crippen LogP contribution is 2.00. The lowest BCUT2D eigenvalue weighted by Gasteiger charge is -1.85. The average Bonchev–Trinajstić information content (AvgIpc) is 2.13. The Bertz CT molecular complexity index is 381. The van der Waals surface area contributed by atoms with E-state index in [0.29, 0.717) is 0 Å². The first-order valence-electron chi connectivity index (χ1n) is 4.16. The maximum Gasteiger partial charge on any atom is 0.124 e. The summed E-state index contributed by atoms with van der Waals surface area (Å²) in [6, 6.07) is -1.37. The second-order valence-corrected chi connectivity index (χ2v) is 1.30. The van der Waals surface area contributed by atoms with Crippen molar-refractivity contribution >= 4 is 0 Å². The highest BCUT2D eigenvalue weighted by molar-refractivity contribution is 5.28. The molecule has 1 aromatic rings. The van der Waals surface area contributed by atoms with Crippen LogP contribution in [-0.2, 0) is 0 Å². The molecule has 0 radical (unpaired) electrons. The molecule has 0 aromatic heterocycles.